The minimum atomic E-state index is -0.120. The van der Waals surface area contributed by atoms with E-state index in [1.54, 1.807) is 6.08 Å². The van der Waals surface area contributed by atoms with Gasteiger partial charge in [0.05, 0.1) is 0 Å². The Bertz CT molecular complexity index is 315. The van der Waals surface area contributed by atoms with Crippen LogP contribution in [0.1, 0.15) is 0 Å². The maximum absolute atomic E-state index is 11.1. The molecule has 0 saturated carbocycles. The van der Waals surface area contributed by atoms with E-state index >= 15 is 0 Å². The van der Waals surface area contributed by atoms with Crippen LogP contribution in [0.2, 0.25) is 0 Å². The van der Waals surface area contributed by atoms with Gasteiger partial charge in [-0.3, -0.25) is 9.59 Å². The predicted molar refractivity (Wildman–Crippen MR) is 42.2 cm³/mol. The third-order valence-corrected chi connectivity index (χ3v) is 1.92. The lowest BCUT2D eigenvalue weighted by atomic mass is 10.1. The molecule has 2 amide bonds. The Morgan fingerprint density at radius 3 is 2.58 bits per heavy atom. The van der Waals surface area contributed by atoms with E-state index in [1.807, 2.05) is 0 Å². The van der Waals surface area contributed by atoms with Gasteiger partial charge in [-0.05, 0) is 5.57 Å². The van der Waals surface area contributed by atoms with E-state index < -0.39 is 0 Å². The quantitative estimate of drug-likeness (QED) is 0.527. The smallest absolute Gasteiger partial charge is 0.251 e. The first kappa shape index (κ1) is 7.09. The zero-order valence-corrected chi connectivity index (χ0v) is 6.39. The average Bonchev–Trinajstić information content (AvgIpc) is 2.58. The number of carbonyl (C=O) groups is 2. The number of hydrogen-bond donors (Lipinski definition) is 2. The molecule has 0 aromatic heterocycles. The molecule has 2 aliphatic heterocycles. The van der Waals surface area contributed by atoms with Crippen molar-refractivity contribution in [2.75, 3.05) is 13.1 Å². The monoisotopic (exact) mass is 164 g/mol. The van der Waals surface area contributed by atoms with Crippen LogP contribution in [0, 0.1) is 0 Å². The molecule has 4 nitrogen and oxygen atoms in total. The van der Waals surface area contributed by atoms with Crippen LogP contribution in [-0.2, 0) is 9.59 Å². The molecule has 0 aromatic rings. The van der Waals surface area contributed by atoms with Crippen LogP contribution in [0.3, 0.4) is 0 Å². The second-order valence-electron chi connectivity index (χ2n) is 2.72. The van der Waals surface area contributed by atoms with Crippen LogP contribution in [0.5, 0.6) is 0 Å². The summed E-state index contributed by atoms with van der Waals surface area (Å²) in [5.41, 5.74) is 1.42. The molecule has 0 fully saturated rings. The van der Waals surface area contributed by atoms with Gasteiger partial charge in [-0.25, -0.2) is 0 Å². The standard InChI is InChI=1S/C8H8N2O2/c11-7-3-5(4-10-7)6-1-2-9-8(6)12/h1,3H,2,4H2,(H,9,12)(H,10,11). The number of nitrogens with one attached hydrogen (secondary N) is 2. The highest BCUT2D eigenvalue weighted by molar-refractivity contribution is 6.04. The zero-order chi connectivity index (χ0) is 8.55. The molecule has 2 heterocycles. The second kappa shape index (κ2) is 2.48. The van der Waals surface area contributed by atoms with E-state index in [4.69, 9.17) is 0 Å². The fourth-order valence-corrected chi connectivity index (χ4v) is 1.33. The van der Waals surface area contributed by atoms with Gasteiger partial charge in [-0.2, -0.15) is 0 Å². The Labute approximate surface area is 69.3 Å². The Hall–Kier alpha value is -1.58. The molecule has 2 rings (SSSR count). The summed E-state index contributed by atoms with van der Waals surface area (Å²) < 4.78 is 0. The number of amides is 2. The highest BCUT2D eigenvalue weighted by Crippen LogP contribution is 2.15. The molecule has 0 radical (unpaired) electrons. The zero-order valence-electron chi connectivity index (χ0n) is 6.39. The third-order valence-electron chi connectivity index (χ3n) is 1.92. The number of rotatable bonds is 1. The molecule has 0 aliphatic carbocycles. The van der Waals surface area contributed by atoms with E-state index in [0.717, 1.165) is 5.57 Å². The first-order chi connectivity index (χ1) is 5.77. The summed E-state index contributed by atoms with van der Waals surface area (Å²) in [7, 11) is 0. The average molecular weight is 164 g/mol. The molecule has 12 heavy (non-hydrogen) atoms. The van der Waals surface area contributed by atoms with Crippen molar-refractivity contribution in [2.45, 2.75) is 0 Å². The topological polar surface area (TPSA) is 58.2 Å². The Morgan fingerprint density at radius 1 is 1.25 bits per heavy atom. The Morgan fingerprint density at radius 2 is 2.08 bits per heavy atom. The normalized spacial score (nSPS) is 21.7. The largest absolute Gasteiger partial charge is 0.349 e. The Kier molecular flexibility index (Phi) is 1.46. The molecule has 0 atom stereocenters. The summed E-state index contributed by atoms with van der Waals surface area (Å²) in [5.74, 6) is -0.205. The molecule has 0 bridgehead atoms. The van der Waals surface area contributed by atoms with Gasteiger partial charge in [-0.1, -0.05) is 6.08 Å². The van der Waals surface area contributed by atoms with Crippen LogP contribution in [0.25, 0.3) is 0 Å². The molecule has 62 valence electrons. The summed E-state index contributed by atoms with van der Waals surface area (Å²) in [6, 6.07) is 0. The van der Waals surface area contributed by atoms with Gasteiger partial charge < -0.3 is 10.6 Å². The summed E-state index contributed by atoms with van der Waals surface area (Å²) in [6.45, 7) is 1.04. The van der Waals surface area contributed by atoms with Crippen molar-refractivity contribution in [3.8, 4) is 0 Å². The molecular weight excluding hydrogens is 156 g/mol. The lowest BCUT2D eigenvalue weighted by Crippen LogP contribution is -2.20. The molecule has 0 unspecified atom stereocenters. The summed E-state index contributed by atoms with van der Waals surface area (Å²) in [5, 5.41) is 5.26. The fourth-order valence-electron chi connectivity index (χ4n) is 1.33. The van der Waals surface area contributed by atoms with E-state index in [1.165, 1.54) is 6.08 Å². The molecule has 4 heteroatoms. The Balaban J connectivity index is 2.25. The van der Waals surface area contributed by atoms with E-state index in [-0.39, 0.29) is 11.8 Å². The lowest BCUT2D eigenvalue weighted by Gasteiger charge is -1.98. The summed E-state index contributed by atoms with van der Waals surface area (Å²) >= 11 is 0. The van der Waals surface area contributed by atoms with Crippen molar-refractivity contribution >= 4 is 11.8 Å². The highest BCUT2D eigenvalue weighted by Gasteiger charge is 2.22. The van der Waals surface area contributed by atoms with Crippen molar-refractivity contribution in [3.63, 3.8) is 0 Å². The molecule has 0 saturated heterocycles. The maximum Gasteiger partial charge on any atom is 0.251 e. The van der Waals surface area contributed by atoms with Crippen molar-refractivity contribution in [1.29, 1.82) is 0 Å². The van der Waals surface area contributed by atoms with Crippen molar-refractivity contribution < 1.29 is 9.59 Å². The lowest BCUT2D eigenvalue weighted by molar-refractivity contribution is -0.116. The van der Waals surface area contributed by atoms with Crippen LogP contribution < -0.4 is 10.6 Å². The first-order valence-electron chi connectivity index (χ1n) is 3.74. The first-order valence-corrected chi connectivity index (χ1v) is 3.74. The van der Waals surface area contributed by atoms with Gasteiger partial charge in [0.15, 0.2) is 0 Å². The summed E-state index contributed by atoms with van der Waals surface area (Å²) in [4.78, 5) is 21.9. The molecule has 0 aromatic carbocycles. The fraction of sp³-hybridized carbons (Fsp3) is 0.250. The highest BCUT2D eigenvalue weighted by atomic mass is 16.2. The van der Waals surface area contributed by atoms with Gasteiger partial charge in [0.2, 0.25) is 5.91 Å². The SMILES string of the molecule is O=C1C=C(C2=CCNC2=O)CN1. The molecule has 0 spiro atoms. The van der Waals surface area contributed by atoms with Gasteiger partial charge in [0.25, 0.3) is 5.91 Å². The van der Waals surface area contributed by atoms with Gasteiger partial charge in [0, 0.05) is 24.7 Å². The van der Waals surface area contributed by atoms with Crippen molar-refractivity contribution in [3.05, 3.63) is 23.3 Å². The van der Waals surface area contributed by atoms with Crippen LogP contribution >= 0.6 is 0 Å². The minimum Gasteiger partial charge on any atom is -0.349 e. The van der Waals surface area contributed by atoms with Crippen molar-refractivity contribution in [2.24, 2.45) is 0 Å². The van der Waals surface area contributed by atoms with E-state index in [2.05, 4.69) is 10.6 Å². The van der Waals surface area contributed by atoms with Crippen molar-refractivity contribution in [1.82, 2.24) is 10.6 Å². The van der Waals surface area contributed by atoms with Crippen LogP contribution in [0.4, 0.5) is 0 Å². The molecular formula is C8H8N2O2. The second-order valence-corrected chi connectivity index (χ2v) is 2.72. The maximum atomic E-state index is 11.1. The van der Waals surface area contributed by atoms with Gasteiger partial charge in [0.1, 0.15) is 0 Å². The number of carbonyl (C=O) groups excluding carboxylic acids is 2. The number of hydrogen-bond acceptors (Lipinski definition) is 2. The predicted octanol–water partition coefficient (Wildman–Crippen LogP) is -0.901. The molecule has 2 aliphatic rings. The van der Waals surface area contributed by atoms with Crippen LogP contribution in [0.15, 0.2) is 23.3 Å². The third kappa shape index (κ3) is 1.01. The summed E-state index contributed by atoms with van der Waals surface area (Å²) in [6.07, 6.45) is 3.27. The molecule has 2 N–H and O–H groups in total. The minimum absolute atomic E-state index is 0.0854. The van der Waals surface area contributed by atoms with Gasteiger partial charge in [-0.15, -0.1) is 0 Å². The van der Waals surface area contributed by atoms with E-state index in [0.29, 0.717) is 18.7 Å². The van der Waals surface area contributed by atoms with E-state index in [9.17, 15) is 9.59 Å². The van der Waals surface area contributed by atoms with Gasteiger partial charge >= 0.3 is 0 Å². The van der Waals surface area contributed by atoms with Crippen LogP contribution in [-0.4, -0.2) is 24.9 Å².